The maximum atomic E-state index is 12.0. The van der Waals surface area contributed by atoms with Crippen molar-refractivity contribution in [3.05, 3.63) is 49.5 Å². The number of carbonyl (C=O) groups is 1. The van der Waals surface area contributed by atoms with E-state index in [1.165, 1.54) is 28.2 Å². The Morgan fingerprint density at radius 3 is 2.85 bits per heavy atom. The van der Waals surface area contributed by atoms with E-state index in [-0.39, 0.29) is 17.2 Å². The summed E-state index contributed by atoms with van der Waals surface area (Å²) >= 11 is 7.23. The number of amides is 1. The van der Waals surface area contributed by atoms with Crippen LogP contribution in [0.1, 0.15) is 28.7 Å². The van der Waals surface area contributed by atoms with Crippen molar-refractivity contribution in [3.8, 4) is 0 Å². The Morgan fingerprint density at radius 1 is 1.40 bits per heavy atom. The van der Waals surface area contributed by atoms with Crippen LogP contribution < -0.4 is 10.9 Å². The zero-order valence-electron chi connectivity index (χ0n) is 10.9. The van der Waals surface area contributed by atoms with Crippen LogP contribution in [0.15, 0.2) is 29.1 Å². The molecule has 0 aliphatic rings. The average molecular weight is 312 g/mol. The maximum Gasteiger partial charge on any atom is 0.272 e. The summed E-state index contributed by atoms with van der Waals surface area (Å²) in [7, 11) is 0. The quantitative estimate of drug-likeness (QED) is 0.921. The molecule has 106 valence electrons. The summed E-state index contributed by atoms with van der Waals surface area (Å²) in [6, 6.07) is 6.44. The van der Waals surface area contributed by atoms with E-state index >= 15 is 0 Å². The van der Waals surface area contributed by atoms with Gasteiger partial charge in [0.15, 0.2) is 0 Å². The summed E-state index contributed by atoms with van der Waals surface area (Å²) < 4.78 is 1.99. The zero-order chi connectivity index (χ0) is 14.5. The Labute approximate surface area is 125 Å². The number of aryl methyl sites for hydroxylation is 1. The largest absolute Gasteiger partial charge is 0.346 e. The van der Waals surface area contributed by atoms with Crippen LogP contribution in [0.3, 0.4) is 0 Å². The van der Waals surface area contributed by atoms with E-state index in [0.29, 0.717) is 17.4 Å². The van der Waals surface area contributed by atoms with Gasteiger partial charge in [0.25, 0.3) is 11.5 Å². The third-order valence-corrected chi connectivity index (χ3v) is 3.82. The molecule has 2 aromatic rings. The molecule has 5 nitrogen and oxygen atoms in total. The second-order valence-electron chi connectivity index (χ2n) is 4.17. The molecule has 20 heavy (non-hydrogen) atoms. The molecule has 0 radical (unpaired) electrons. The van der Waals surface area contributed by atoms with Crippen molar-refractivity contribution in [1.82, 2.24) is 15.1 Å². The highest BCUT2D eigenvalue weighted by Crippen LogP contribution is 2.20. The summed E-state index contributed by atoms with van der Waals surface area (Å²) in [6.45, 7) is 2.84. The summed E-state index contributed by atoms with van der Waals surface area (Å²) in [5.74, 6) is -0.306. The van der Waals surface area contributed by atoms with Gasteiger partial charge in [-0.25, -0.2) is 4.68 Å². The second-order valence-corrected chi connectivity index (χ2v) is 5.97. The van der Waals surface area contributed by atoms with Gasteiger partial charge in [-0.1, -0.05) is 18.5 Å². The van der Waals surface area contributed by atoms with Crippen LogP contribution in [0.4, 0.5) is 0 Å². The first-order valence-electron chi connectivity index (χ1n) is 6.20. The van der Waals surface area contributed by atoms with Gasteiger partial charge in [-0.3, -0.25) is 9.59 Å². The highest BCUT2D eigenvalue weighted by Gasteiger charge is 2.09. The van der Waals surface area contributed by atoms with E-state index < -0.39 is 0 Å². The third-order valence-electron chi connectivity index (χ3n) is 2.59. The molecule has 0 aromatic carbocycles. The standard InChI is InChI=1S/C13H14ClN3O2S/c1-2-7-17-12(18)6-4-10(16-17)13(19)15-8-9-3-5-11(14)20-9/h3-6H,2,7-8H2,1H3,(H,15,19). The monoisotopic (exact) mass is 311 g/mol. The summed E-state index contributed by atoms with van der Waals surface area (Å²) in [5, 5.41) is 6.80. The van der Waals surface area contributed by atoms with Gasteiger partial charge < -0.3 is 5.32 Å². The van der Waals surface area contributed by atoms with E-state index in [4.69, 9.17) is 11.6 Å². The number of carbonyl (C=O) groups excluding carboxylic acids is 1. The Bertz CT molecular complexity index is 666. The van der Waals surface area contributed by atoms with Gasteiger partial charge in [0.1, 0.15) is 5.69 Å². The lowest BCUT2D eigenvalue weighted by molar-refractivity contribution is 0.0943. The topological polar surface area (TPSA) is 64.0 Å². The van der Waals surface area contributed by atoms with E-state index in [1.807, 2.05) is 13.0 Å². The molecule has 0 aliphatic carbocycles. The number of nitrogens with zero attached hydrogens (tertiary/aromatic N) is 2. The minimum atomic E-state index is -0.306. The van der Waals surface area contributed by atoms with Gasteiger partial charge in [-0.05, 0) is 24.6 Å². The van der Waals surface area contributed by atoms with Crippen LogP contribution in [0, 0.1) is 0 Å². The summed E-state index contributed by atoms with van der Waals surface area (Å²) in [4.78, 5) is 24.5. The van der Waals surface area contributed by atoms with Crippen molar-refractivity contribution in [2.24, 2.45) is 0 Å². The number of nitrogens with one attached hydrogen (secondary N) is 1. The highest BCUT2D eigenvalue weighted by atomic mass is 35.5. The Kier molecular flexibility index (Phi) is 4.92. The van der Waals surface area contributed by atoms with Crippen LogP contribution in [0.2, 0.25) is 4.34 Å². The number of hydrogen-bond donors (Lipinski definition) is 1. The zero-order valence-corrected chi connectivity index (χ0v) is 12.5. The fourth-order valence-electron chi connectivity index (χ4n) is 1.65. The first-order valence-corrected chi connectivity index (χ1v) is 7.40. The van der Waals surface area contributed by atoms with Crippen molar-refractivity contribution >= 4 is 28.8 Å². The molecule has 2 aromatic heterocycles. The van der Waals surface area contributed by atoms with Gasteiger partial charge in [0.2, 0.25) is 0 Å². The SMILES string of the molecule is CCCn1nc(C(=O)NCc2ccc(Cl)s2)ccc1=O. The first kappa shape index (κ1) is 14.7. The fourth-order valence-corrected chi connectivity index (χ4v) is 2.67. The first-order chi connectivity index (χ1) is 9.60. The van der Waals surface area contributed by atoms with Crippen LogP contribution in [0.5, 0.6) is 0 Å². The normalized spacial score (nSPS) is 10.5. The molecule has 0 fully saturated rings. The minimum absolute atomic E-state index is 0.201. The Balaban J connectivity index is 2.05. The molecule has 0 bridgehead atoms. The molecule has 0 saturated carbocycles. The lowest BCUT2D eigenvalue weighted by Gasteiger charge is -2.06. The van der Waals surface area contributed by atoms with E-state index in [0.717, 1.165) is 11.3 Å². The highest BCUT2D eigenvalue weighted by molar-refractivity contribution is 7.16. The number of rotatable bonds is 5. The van der Waals surface area contributed by atoms with E-state index in [1.54, 1.807) is 6.07 Å². The molecule has 0 unspecified atom stereocenters. The van der Waals surface area contributed by atoms with Gasteiger partial charge >= 0.3 is 0 Å². The maximum absolute atomic E-state index is 12.0. The number of thiophene rings is 1. The molecule has 2 rings (SSSR count). The van der Waals surface area contributed by atoms with Gasteiger partial charge in [0.05, 0.1) is 10.9 Å². The second kappa shape index (κ2) is 6.67. The molecular weight excluding hydrogens is 298 g/mol. The number of hydrogen-bond acceptors (Lipinski definition) is 4. The molecule has 0 atom stereocenters. The molecule has 0 spiro atoms. The van der Waals surface area contributed by atoms with Crippen molar-refractivity contribution < 1.29 is 4.79 Å². The van der Waals surface area contributed by atoms with Crippen molar-refractivity contribution in [2.75, 3.05) is 0 Å². The Hall–Kier alpha value is -1.66. The third kappa shape index (κ3) is 3.68. The van der Waals surface area contributed by atoms with Gasteiger partial charge in [-0.15, -0.1) is 11.3 Å². The lowest BCUT2D eigenvalue weighted by atomic mass is 10.3. The van der Waals surface area contributed by atoms with E-state index in [2.05, 4.69) is 10.4 Å². The molecular formula is C13H14ClN3O2S. The predicted molar refractivity (Wildman–Crippen MR) is 79.3 cm³/mol. The van der Waals surface area contributed by atoms with Crippen LogP contribution in [-0.2, 0) is 13.1 Å². The number of aromatic nitrogens is 2. The average Bonchev–Trinajstić information content (AvgIpc) is 2.84. The van der Waals surface area contributed by atoms with Crippen molar-refractivity contribution in [1.29, 1.82) is 0 Å². The smallest absolute Gasteiger partial charge is 0.272 e. The summed E-state index contributed by atoms with van der Waals surface area (Å²) in [5.41, 5.74) is 0.0362. The van der Waals surface area contributed by atoms with E-state index in [9.17, 15) is 9.59 Å². The van der Waals surface area contributed by atoms with Crippen LogP contribution in [0.25, 0.3) is 0 Å². The summed E-state index contributed by atoms with van der Waals surface area (Å²) in [6.07, 6.45) is 0.783. The van der Waals surface area contributed by atoms with Crippen LogP contribution in [-0.4, -0.2) is 15.7 Å². The van der Waals surface area contributed by atoms with Gasteiger partial charge in [0, 0.05) is 17.5 Å². The fraction of sp³-hybridized carbons (Fsp3) is 0.308. The molecule has 7 heteroatoms. The van der Waals surface area contributed by atoms with Crippen molar-refractivity contribution in [2.45, 2.75) is 26.4 Å². The minimum Gasteiger partial charge on any atom is -0.346 e. The molecule has 1 N–H and O–H groups in total. The van der Waals surface area contributed by atoms with Crippen LogP contribution >= 0.6 is 22.9 Å². The van der Waals surface area contributed by atoms with Gasteiger partial charge in [-0.2, -0.15) is 5.10 Å². The molecule has 0 aliphatic heterocycles. The van der Waals surface area contributed by atoms with Crippen molar-refractivity contribution in [3.63, 3.8) is 0 Å². The molecule has 2 heterocycles. The molecule has 1 amide bonds. The predicted octanol–water partition coefficient (Wildman–Crippen LogP) is 2.30. The lowest BCUT2D eigenvalue weighted by Crippen LogP contribution is -2.29. The molecule has 0 saturated heterocycles. The Morgan fingerprint density at radius 2 is 2.20 bits per heavy atom. The number of halogens is 1.